The molecule has 6 heteroatoms. The van der Waals surface area contributed by atoms with Crippen LogP contribution in [0.25, 0.3) is 11.1 Å². The van der Waals surface area contributed by atoms with E-state index in [9.17, 15) is 10.1 Å². The second-order valence-corrected chi connectivity index (χ2v) is 7.55. The largest absolute Gasteiger partial charge is 0.497 e. The van der Waals surface area contributed by atoms with Crippen molar-refractivity contribution in [1.82, 2.24) is 4.98 Å². The van der Waals surface area contributed by atoms with Crippen molar-refractivity contribution < 1.29 is 14.3 Å². The average Bonchev–Trinajstić information content (AvgIpc) is 2.96. The van der Waals surface area contributed by atoms with Gasteiger partial charge < -0.3 is 9.47 Å². The van der Waals surface area contributed by atoms with E-state index in [0.717, 1.165) is 54.7 Å². The molecule has 0 radical (unpaired) electrons. The molecule has 1 aliphatic rings. The highest BCUT2D eigenvalue weighted by atomic mass is 32.2. The number of hydrogen-bond donors (Lipinski definition) is 0. The zero-order chi connectivity index (χ0) is 19.9. The zero-order valence-electron chi connectivity index (χ0n) is 16.3. The molecule has 0 N–H and O–H groups in total. The number of esters is 1. The molecule has 3 rings (SSSR count). The summed E-state index contributed by atoms with van der Waals surface area (Å²) in [7, 11) is 1.64. The third-order valence-electron chi connectivity index (χ3n) is 4.81. The van der Waals surface area contributed by atoms with Crippen molar-refractivity contribution in [2.24, 2.45) is 0 Å². The number of pyridine rings is 1. The summed E-state index contributed by atoms with van der Waals surface area (Å²) in [6.07, 6.45) is 5.16. The lowest BCUT2D eigenvalue weighted by atomic mass is 9.92. The number of carbonyl (C=O) groups excluding carboxylic acids is 1. The van der Waals surface area contributed by atoms with Gasteiger partial charge in [0, 0.05) is 11.3 Å². The summed E-state index contributed by atoms with van der Waals surface area (Å²) >= 11 is 1.28. The summed E-state index contributed by atoms with van der Waals surface area (Å²) in [4.78, 5) is 16.6. The Morgan fingerprint density at radius 2 is 1.96 bits per heavy atom. The van der Waals surface area contributed by atoms with E-state index in [4.69, 9.17) is 14.5 Å². The Morgan fingerprint density at radius 3 is 2.64 bits per heavy atom. The maximum atomic E-state index is 11.8. The minimum absolute atomic E-state index is 0.149. The van der Waals surface area contributed by atoms with Crippen LogP contribution in [0.15, 0.2) is 29.3 Å². The molecular formula is C22H24N2O3S. The number of benzene rings is 1. The van der Waals surface area contributed by atoms with Crippen LogP contribution < -0.4 is 4.74 Å². The van der Waals surface area contributed by atoms with Gasteiger partial charge in [-0.15, -0.1) is 0 Å². The first-order valence-electron chi connectivity index (χ1n) is 9.56. The van der Waals surface area contributed by atoms with Crippen molar-refractivity contribution in [1.29, 1.82) is 5.26 Å². The number of fused-ring (bicyclic) bond motifs is 1. The molecule has 0 saturated carbocycles. The molecule has 1 heterocycles. The minimum atomic E-state index is -0.292. The number of hydrogen-bond acceptors (Lipinski definition) is 6. The van der Waals surface area contributed by atoms with Gasteiger partial charge in [0.1, 0.15) is 16.8 Å². The van der Waals surface area contributed by atoms with Gasteiger partial charge in [0.25, 0.3) is 0 Å². The number of carbonyl (C=O) groups is 1. The molecule has 0 aliphatic heterocycles. The highest BCUT2D eigenvalue weighted by molar-refractivity contribution is 7.99. The van der Waals surface area contributed by atoms with E-state index in [0.29, 0.717) is 17.2 Å². The van der Waals surface area contributed by atoms with Gasteiger partial charge in [-0.25, -0.2) is 4.98 Å². The fraction of sp³-hybridized carbons (Fsp3) is 0.409. The molecule has 0 saturated heterocycles. The number of rotatable bonds is 6. The molecule has 0 fully saturated rings. The summed E-state index contributed by atoms with van der Waals surface area (Å²) in [6.45, 7) is 2.13. The molecule has 0 amide bonds. The molecule has 2 aromatic rings. The molecule has 1 aromatic heterocycles. The van der Waals surface area contributed by atoms with Crippen LogP contribution in [0.3, 0.4) is 0 Å². The van der Waals surface area contributed by atoms with E-state index in [1.807, 2.05) is 24.3 Å². The predicted molar refractivity (Wildman–Crippen MR) is 110 cm³/mol. The topological polar surface area (TPSA) is 72.2 Å². The quantitative estimate of drug-likeness (QED) is 0.405. The second kappa shape index (κ2) is 9.61. The molecule has 0 unspecified atom stereocenters. The van der Waals surface area contributed by atoms with Crippen LogP contribution in [0.1, 0.15) is 43.0 Å². The van der Waals surface area contributed by atoms with Crippen molar-refractivity contribution in [3.8, 4) is 22.9 Å². The third-order valence-corrected chi connectivity index (χ3v) is 5.76. The second-order valence-electron chi connectivity index (χ2n) is 6.59. The van der Waals surface area contributed by atoms with E-state index in [1.165, 1.54) is 17.3 Å². The van der Waals surface area contributed by atoms with E-state index in [-0.39, 0.29) is 11.7 Å². The zero-order valence-corrected chi connectivity index (χ0v) is 17.1. The number of aromatic nitrogens is 1. The Hall–Kier alpha value is -2.52. The highest BCUT2D eigenvalue weighted by Gasteiger charge is 2.23. The molecule has 0 bridgehead atoms. The number of thioether (sulfide) groups is 1. The summed E-state index contributed by atoms with van der Waals surface area (Å²) in [6, 6.07) is 10.1. The number of nitriles is 1. The predicted octanol–water partition coefficient (Wildman–Crippen LogP) is 4.55. The first-order valence-corrected chi connectivity index (χ1v) is 10.5. The maximum Gasteiger partial charge on any atom is 0.316 e. The van der Waals surface area contributed by atoms with Gasteiger partial charge in [0.2, 0.25) is 0 Å². The van der Waals surface area contributed by atoms with E-state index in [2.05, 4.69) is 6.07 Å². The molecular weight excluding hydrogens is 372 g/mol. The minimum Gasteiger partial charge on any atom is -0.497 e. The number of ether oxygens (including phenoxy) is 2. The molecule has 28 heavy (non-hydrogen) atoms. The van der Waals surface area contributed by atoms with Gasteiger partial charge in [-0.05, 0) is 55.9 Å². The van der Waals surface area contributed by atoms with Crippen LogP contribution >= 0.6 is 11.8 Å². The Kier molecular flexibility index (Phi) is 6.94. The van der Waals surface area contributed by atoms with Gasteiger partial charge in [-0.2, -0.15) is 5.26 Å². The van der Waals surface area contributed by atoms with Gasteiger partial charge in [-0.3, -0.25) is 4.79 Å². The fourth-order valence-electron chi connectivity index (χ4n) is 3.51. The summed E-state index contributed by atoms with van der Waals surface area (Å²) in [5.74, 6) is 0.634. The van der Waals surface area contributed by atoms with Crippen molar-refractivity contribution in [3.05, 3.63) is 41.1 Å². The normalized spacial score (nSPS) is 13.2. The Labute approximate surface area is 170 Å². The van der Waals surface area contributed by atoms with E-state index in [1.54, 1.807) is 14.0 Å². The average molecular weight is 397 g/mol. The van der Waals surface area contributed by atoms with Gasteiger partial charge in [-0.1, -0.05) is 30.3 Å². The molecule has 1 aromatic carbocycles. The van der Waals surface area contributed by atoms with Gasteiger partial charge >= 0.3 is 5.97 Å². The van der Waals surface area contributed by atoms with Crippen molar-refractivity contribution in [2.45, 2.75) is 44.1 Å². The Balaban J connectivity index is 2.09. The van der Waals surface area contributed by atoms with Crippen molar-refractivity contribution in [2.75, 3.05) is 19.5 Å². The standard InChI is InChI=1S/C22H24N2O3S/c1-3-27-20(25)14-28-22-18(13-23)21(15-9-11-16(26-2)12-10-15)17-7-5-4-6-8-19(17)24-22/h9-12H,3-8,14H2,1-2H3. The summed E-state index contributed by atoms with van der Waals surface area (Å²) < 4.78 is 10.3. The lowest BCUT2D eigenvalue weighted by Crippen LogP contribution is -2.09. The molecule has 1 aliphatic carbocycles. The first-order chi connectivity index (χ1) is 13.7. The lowest BCUT2D eigenvalue weighted by Gasteiger charge is -2.17. The summed E-state index contributed by atoms with van der Waals surface area (Å²) in [5, 5.41) is 10.6. The van der Waals surface area contributed by atoms with Crippen LogP contribution in [0.4, 0.5) is 0 Å². The third kappa shape index (κ3) is 4.48. The van der Waals surface area contributed by atoms with Crippen LogP contribution in [0.5, 0.6) is 5.75 Å². The van der Waals surface area contributed by atoms with Gasteiger partial charge in [0.05, 0.1) is 25.0 Å². The van der Waals surface area contributed by atoms with Crippen LogP contribution in [0, 0.1) is 11.3 Å². The monoisotopic (exact) mass is 396 g/mol. The van der Waals surface area contributed by atoms with Crippen LogP contribution in [-0.2, 0) is 22.4 Å². The number of nitrogens with zero attached hydrogens (tertiary/aromatic N) is 2. The summed E-state index contributed by atoms with van der Waals surface area (Å²) in [5.41, 5.74) is 4.69. The van der Waals surface area contributed by atoms with E-state index >= 15 is 0 Å². The van der Waals surface area contributed by atoms with E-state index < -0.39 is 0 Å². The van der Waals surface area contributed by atoms with Crippen LogP contribution in [-0.4, -0.2) is 30.4 Å². The molecule has 146 valence electrons. The SMILES string of the molecule is CCOC(=O)CSc1nc2c(c(-c3ccc(OC)cc3)c1C#N)CCCCC2. The number of aryl methyl sites for hydroxylation is 1. The van der Waals surface area contributed by atoms with Gasteiger partial charge in [0.15, 0.2) is 0 Å². The maximum absolute atomic E-state index is 11.8. The molecule has 0 atom stereocenters. The smallest absolute Gasteiger partial charge is 0.316 e. The Bertz CT molecular complexity index is 888. The molecule has 0 spiro atoms. The van der Waals surface area contributed by atoms with Crippen LogP contribution in [0.2, 0.25) is 0 Å². The lowest BCUT2D eigenvalue weighted by molar-refractivity contribution is -0.139. The molecule has 5 nitrogen and oxygen atoms in total. The Morgan fingerprint density at radius 1 is 1.21 bits per heavy atom. The fourth-order valence-corrected chi connectivity index (χ4v) is 4.31. The first kappa shape index (κ1) is 20.2. The van der Waals surface area contributed by atoms with Crippen molar-refractivity contribution >= 4 is 17.7 Å². The number of methoxy groups -OCH3 is 1. The highest BCUT2D eigenvalue weighted by Crippen LogP contribution is 2.38. The van der Waals surface area contributed by atoms with Crippen molar-refractivity contribution in [3.63, 3.8) is 0 Å².